The van der Waals surface area contributed by atoms with Gasteiger partial charge < -0.3 is 0 Å². The molecule has 2 aliphatic rings. The van der Waals surface area contributed by atoms with Crippen molar-refractivity contribution in [2.45, 2.75) is 49.0 Å². The van der Waals surface area contributed by atoms with Crippen molar-refractivity contribution in [2.75, 3.05) is 6.61 Å². The van der Waals surface area contributed by atoms with Crippen molar-refractivity contribution in [2.24, 2.45) is 17.8 Å². The summed E-state index contributed by atoms with van der Waals surface area (Å²) in [6.07, 6.45) is 1.91. The van der Waals surface area contributed by atoms with E-state index in [2.05, 4.69) is 0 Å². The average Bonchev–Trinajstić information content (AvgIpc) is 3.27. The molecular formula is C22H26O6S2. The Hall–Kier alpha value is -1.74. The Labute approximate surface area is 178 Å². The molecule has 162 valence electrons. The highest BCUT2D eigenvalue weighted by atomic mass is 32.2. The van der Waals surface area contributed by atoms with Gasteiger partial charge in [-0.15, -0.1) is 0 Å². The van der Waals surface area contributed by atoms with Crippen LogP contribution in [0.15, 0.2) is 58.3 Å². The van der Waals surface area contributed by atoms with Gasteiger partial charge in [0.25, 0.3) is 20.2 Å². The molecule has 4 rings (SSSR count). The second-order valence-corrected chi connectivity index (χ2v) is 11.6. The summed E-state index contributed by atoms with van der Waals surface area (Å²) in [4.78, 5) is 0.275. The van der Waals surface area contributed by atoms with E-state index >= 15 is 0 Å². The van der Waals surface area contributed by atoms with Gasteiger partial charge in [-0.1, -0.05) is 35.4 Å². The van der Waals surface area contributed by atoms with E-state index in [-0.39, 0.29) is 28.2 Å². The molecule has 2 fully saturated rings. The lowest BCUT2D eigenvalue weighted by Gasteiger charge is -2.28. The van der Waals surface area contributed by atoms with Crippen LogP contribution in [0.5, 0.6) is 0 Å². The van der Waals surface area contributed by atoms with Crippen molar-refractivity contribution in [3.05, 3.63) is 59.7 Å². The van der Waals surface area contributed by atoms with Gasteiger partial charge in [-0.3, -0.25) is 8.37 Å². The van der Waals surface area contributed by atoms with Crippen LogP contribution in [0.25, 0.3) is 0 Å². The summed E-state index contributed by atoms with van der Waals surface area (Å²) in [6.45, 7) is 3.82. The van der Waals surface area contributed by atoms with Gasteiger partial charge >= 0.3 is 0 Å². The first-order valence-corrected chi connectivity index (χ1v) is 12.9. The molecule has 0 N–H and O–H groups in total. The third-order valence-electron chi connectivity index (χ3n) is 6.20. The maximum absolute atomic E-state index is 12.7. The fourth-order valence-corrected chi connectivity index (χ4v) is 6.69. The smallest absolute Gasteiger partial charge is 0.266 e. The number of hydrogen-bond acceptors (Lipinski definition) is 6. The Morgan fingerprint density at radius 2 is 1.30 bits per heavy atom. The van der Waals surface area contributed by atoms with E-state index in [1.54, 1.807) is 36.4 Å². The Morgan fingerprint density at radius 1 is 0.767 bits per heavy atom. The lowest BCUT2D eigenvalue weighted by atomic mass is 9.87. The summed E-state index contributed by atoms with van der Waals surface area (Å²) in [7, 11) is -7.70. The van der Waals surface area contributed by atoms with Gasteiger partial charge in [0.15, 0.2) is 0 Å². The first-order valence-electron chi connectivity index (χ1n) is 10.1. The number of fused-ring (bicyclic) bond motifs is 2. The topological polar surface area (TPSA) is 86.7 Å². The Balaban J connectivity index is 1.41. The van der Waals surface area contributed by atoms with E-state index in [9.17, 15) is 16.8 Å². The normalized spacial score (nSPS) is 26.2. The van der Waals surface area contributed by atoms with Crippen molar-refractivity contribution >= 4 is 20.2 Å². The number of rotatable bonds is 7. The van der Waals surface area contributed by atoms with Crippen molar-refractivity contribution < 1.29 is 25.2 Å². The van der Waals surface area contributed by atoms with Crippen LogP contribution < -0.4 is 0 Å². The summed E-state index contributed by atoms with van der Waals surface area (Å²) in [5.41, 5.74) is 1.94. The third kappa shape index (κ3) is 4.46. The van der Waals surface area contributed by atoms with Gasteiger partial charge in [0.05, 0.1) is 22.5 Å². The van der Waals surface area contributed by atoms with Gasteiger partial charge in [-0.25, -0.2) is 0 Å². The molecule has 8 heteroatoms. The molecule has 2 saturated carbocycles. The zero-order valence-corrected chi connectivity index (χ0v) is 18.7. The SMILES string of the molecule is Cc1ccc(S(=O)(=O)OCC2CC3CC(OS(=O)(=O)c4ccc(C)cc4)C2C3)cc1. The molecule has 4 atom stereocenters. The van der Waals surface area contributed by atoms with Crippen molar-refractivity contribution in [1.29, 1.82) is 0 Å². The van der Waals surface area contributed by atoms with Crippen molar-refractivity contribution in [1.82, 2.24) is 0 Å². The van der Waals surface area contributed by atoms with E-state index in [4.69, 9.17) is 8.37 Å². The molecule has 2 bridgehead atoms. The van der Waals surface area contributed by atoms with E-state index in [0.717, 1.165) is 24.0 Å². The van der Waals surface area contributed by atoms with Crippen molar-refractivity contribution in [3.8, 4) is 0 Å². The third-order valence-corrected chi connectivity index (χ3v) is 8.84. The quantitative estimate of drug-likeness (QED) is 0.596. The molecule has 30 heavy (non-hydrogen) atoms. The van der Waals surface area contributed by atoms with Gasteiger partial charge in [0, 0.05) is 0 Å². The lowest BCUT2D eigenvalue weighted by molar-refractivity contribution is 0.0852. The average molecular weight is 451 g/mol. The summed E-state index contributed by atoms with van der Waals surface area (Å²) >= 11 is 0. The number of hydrogen-bond donors (Lipinski definition) is 0. The van der Waals surface area contributed by atoms with Crippen LogP contribution in [0.1, 0.15) is 30.4 Å². The van der Waals surface area contributed by atoms with E-state index < -0.39 is 26.3 Å². The fourth-order valence-electron chi connectivity index (χ4n) is 4.60. The van der Waals surface area contributed by atoms with Crippen LogP contribution in [0.2, 0.25) is 0 Å². The molecule has 2 aliphatic carbocycles. The highest BCUT2D eigenvalue weighted by Gasteiger charge is 2.49. The zero-order valence-electron chi connectivity index (χ0n) is 17.0. The summed E-state index contributed by atoms with van der Waals surface area (Å²) in [5.74, 6) is 0.273. The number of benzene rings is 2. The summed E-state index contributed by atoms with van der Waals surface area (Å²) < 4.78 is 61.2. The standard InChI is InChI=1S/C22H26O6S2/c1-15-3-7-19(8-4-15)29(23,24)27-14-18-11-17-12-21(18)22(13-17)28-30(25,26)20-9-5-16(2)6-10-20/h3-10,17-18,21-22H,11-14H2,1-2H3. The second-order valence-electron chi connectivity index (χ2n) is 8.45. The van der Waals surface area contributed by atoms with E-state index in [1.807, 2.05) is 13.8 Å². The fraction of sp³-hybridized carbons (Fsp3) is 0.455. The first-order chi connectivity index (χ1) is 14.1. The largest absolute Gasteiger partial charge is 0.297 e. The van der Waals surface area contributed by atoms with Gasteiger partial charge in [-0.05, 0) is 75.1 Å². The molecule has 0 amide bonds. The van der Waals surface area contributed by atoms with E-state index in [1.165, 1.54) is 12.1 Å². The molecule has 2 aromatic carbocycles. The second kappa shape index (κ2) is 8.07. The lowest BCUT2D eigenvalue weighted by Crippen LogP contribution is -2.32. The highest BCUT2D eigenvalue weighted by Crippen LogP contribution is 2.50. The van der Waals surface area contributed by atoms with Crippen LogP contribution in [0.4, 0.5) is 0 Å². The highest BCUT2D eigenvalue weighted by molar-refractivity contribution is 7.87. The maximum atomic E-state index is 12.7. The number of aryl methyl sites for hydroxylation is 2. The minimum atomic E-state index is -3.86. The van der Waals surface area contributed by atoms with E-state index in [0.29, 0.717) is 12.3 Å². The first kappa shape index (κ1) is 21.5. The summed E-state index contributed by atoms with van der Waals surface area (Å²) in [6, 6.07) is 13.1. The van der Waals surface area contributed by atoms with Gasteiger partial charge in [-0.2, -0.15) is 16.8 Å². The minimum Gasteiger partial charge on any atom is -0.266 e. The Bertz CT molecular complexity index is 1100. The molecule has 4 unspecified atom stereocenters. The molecule has 0 aliphatic heterocycles. The van der Waals surface area contributed by atoms with Gasteiger partial charge in [0.1, 0.15) is 0 Å². The molecular weight excluding hydrogens is 424 g/mol. The molecule has 0 aromatic heterocycles. The van der Waals surface area contributed by atoms with Crippen molar-refractivity contribution in [3.63, 3.8) is 0 Å². The van der Waals surface area contributed by atoms with Crippen LogP contribution >= 0.6 is 0 Å². The molecule has 0 saturated heterocycles. The Kier molecular flexibility index (Phi) is 5.78. The zero-order chi connectivity index (χ0) is 21.5. The molecule has 0 radical (unpaired) electrons. The molecule has 2 aromatic rings. The minimum absolute atomic E-state index is 0.0246. The van der Waals surface area contributed by atoms with Crippen LogP contribution in [-0.4, -0.2) is 29.5 Å². The monoisotopic (exact) mass is 450 g/mol. The maximum Gasteiger partial charge on any atom is 0.297 e. The van der Waals surface area contributed by atoms with Crippen LogP contribution in [0, 0.1) is 31.6 Å². The predicted molar refractivity (Wildman–Crippen MR) is 112 cm³/mol. The molecule has 6 nitrogen and oxygen atoms in total. The summed E-state index contributed by atoms with van der Waals surface area (Å²) in [5, 5.41) is 0. The van der Waals surface area contributed by atoms with Crippen LogP contribution in [-0.2, 0) is 28.6 Å². The van der Waals surface area contributed by atoms with Crippen LogP contribution in [0.3, 0.4) is 0 Å². The van der Waals surface area contributed by atoms with Gasteiger partial charge in [0.2, 0.25) is 0 Å². The Morgan fingerprint density at radius 3 is 1.83 bits per heavy atom. The molecule has 0 heterocycles. The predicted octanol–water partition coefficient (Wildman–Crippen LogP) is 3.83. The molecule has 0 spiro atoms.